The Morgan fingerprint density at radius 1 is 0.451 bits per heavy atom. The van der Waals surface area contributed by atoms with Crippen molar-refractivity contribution in [2.45, 2.75) is 306 Å². The third kappa shape index (κ3) is 36.7. The van der Waals surface area contributed by atoms with Crippen molar-refractivity contribution in [1.29, 1.82) is 0 Å². The molecule has 0 radical (unpaired) electrons. The average Bonchev–Trinajstić information content (AvgIpc) is 3.65. The average molecular weight is 1160 g/mol. The van der Waals surface area contributed by atoms with Gasteiger partial charge in [0.15, 0.2) is 12.6 Å². The van der Waals surface area contributed by atoms with Crippen molar-refractivity contribution in [3.05, 3.63) is 97.2 Å². The number of carbonyl (C=O) groups is 1. The van der Waals surface area contributed by atoms with Crippen LogP contribution >= 0.6 is 0 Å². The molecule has 82 heavy (non-hydrogen) atoms. The van der Waals surface area contributed by atoms with Crippen LogP contribution < -0.4 is 5.32 Å². The second-order valence-electron chi connectivity index (χ2n) is 22.5. The Kier molecular flexibility index (Phi) is 47.8. The van der Waals surface area contributed by atoms with Crippen LogP contribution in [0.4, 0.5) is 0 Å². The van der Waals surface area contributed by atoms with E-state index >= 15 is 0 Å². The number of hydrogen-bond acceptors (Lipinski definition) is 13. The first-order valence-corrected chi connectivity index (χ1v) is 32.5. The number of ether oxygens (including phenoxy) is 4. The Morgan fingerprint density at radius 2 is 0.841 bits per heavy atom. The van der Waals surface area contributed by atoms with E-state index in [0.29, 0.717) is 12.8 Å². The summed E-state index contributed by atoms with van der Waals surface area (Å²) in [6.45, 7) is 2.68. The Balaban J connectivity index is 1.51. The minimum Gasteiger partial charge on any atom is -0.394 e. The van der Waals surface area contributed by atoms with Crippen LogP contribution in [0.2, 0.25) is 0 Å². The molecule has 2 rings (SSSR count). The van der Waals surface area contributed by atoms with Gasteiger partial charge < -0.3 is 65.1 Å². The van der Waals surface area contributed by atoms with Crippen molar-refractivity contribution < 1.29 is 64.6 Å². The fraction of sp³-hybridized carbons (Fsp3) is 0.750. The van der Waals surface area contributed by atoms with Crippen molar-refractivity contribution in [3.8, 4) is 0 Å². The van der Waals surface area contributed by atoms with Crippen LogP contribution in [-0.4, -0.2) is 140 Å². The van der Waals surface area contributed by atoms with E-state index in [4.69, 9.17) is 18.9 Å². The lowest BCUT2D eigenvalue weighted by Gasteiger charge is -2.46. The molecule has 2 saturated heterocycles. The smallest absolute Gasteiger partial charge is 0.220 e. The number of carbonyl (C=O) groups excluding carboxylic acids is 1. The van der Waals surface area contributed by atoms with Crippen LogP contribution in [0.3, 0.4) is 0 Å². The van der Waals surface area contributed by atoms with Crippen LogP contribution in [0.1, 0.15) is 232 Å². The summed E-state index contributed by atoms with van der Waals surface area (Å²) in [5, 5.41) is 86.9. The molecule has 0 saturated carbocycles. The highest BCUT2D eigenvalue weighted by Crippen LogP contribution is 2.30. The van der Waals surface area contributed by atoms with Gasteiger partial charge in [-0.05, 0) is 77.0 Å². The van der Waals surface area contributed by atoms with Gasteiger partial charge in [0, 0.05) is 6.42 Å². The highest BCUT2D eigenvalue weighted by atomic mass is 16.7. The molecule has 472 valence electrons. The minimum absolute atomic E-state index is 0.213. The predicted molar refractivity (Wildman–Crippen MR) is 332 cm³/mol. The summed E-state index contributed by atoms with van der Waals surface area (Å²) in [6.07, 6.45) is 56.2. The highest BCUT2D eigenvalue weighted by Gasteiger charge is 2.51. The molecule has 0 aromatic carbocycles. The number of aliphatic hydroxyl groups excluding tert-OH is 8. The normalized spacial score (nSPS) is 24.6. The summed E-state index contributed by atoms with van der Waals surface area (Å²) in [4.78, 5) is 13.2. The number of rotatable bonds is 51. The van der Waals surface area contributed by atoms with Crippen LogP contribution in [0.15, 0.2) is 97.2 Å². The van der Waals surface area contributed by atoms with Crippen LogP contribution in [0.25, 0.3) is 0 Å². The van der Waals surface area contributed by atoms with Gasteiger partial charge in [-0.25, -0.2) is 0 Å². The molecular weight excluding hydrogens is 1040 g/mol. The number of aliphatic hydroxyl groups is 8. The first kappa shape index (κ1) is 75.0. The molecule has 0 aromatic rings. The van der Waals surface area contributed by atoms with E-state index in [1.165, 1.54) is 96.3 Å². The first-order chi connectivity index (χ1) is 40.1. The summed E-state index contributed by atoms with van der Waals surface area (Å²) < 4.78 is 22.7. The SMILES string of the molecule is CC/C=C\C/C=C\C/C=C\C/C=C\C/C=C\C/C=C\C/C=C\C/C=C\CCCCCCCCCCCCCCCCCCC(=O)NC(COC1OC(CO)C(OC2OC(CO)C(O)C(O)C2O)C(O)C1O)C(O)CCCCCCCCC. The van der Waals surface area contributed by atoms with E-state index in [1.54, 1.807) is 0 Å². The number of allylic oxidation sites excluding steroid dienone is 16. The number of amides is 1. The molecule has 2 heterocycles. The quantitative estimate of drug-likeness (QED) is 0.0204. The summed E-state index contributed by atoms with van der Waals surface area (Å²) >= 11 is 0. The van der Waals surface area contributed by atoms with Crippen LogP contribution in [-0.2, 0) is 23.7 Å². The van der Waals surface area contributed by atoms with Crippen molar-refractivity contribution in [2.75, 3.05) is 19.8 Å². The predicted octanol–water partition coefficient (Wildman–Crippen LogP) is 12.2. The summed E-state index contributed by atoms with van der Waals surface area (Å²) in [5.74, 6) is -0.213. The van der Waals surface area contributed by atoms with E-state index in [1.807, 2.05) is 0 Å². The van der Waals surface area contributed by atoms with Crippen LogP contribution in [0.5, 0.6) is 0 Å². The van der Waals surface area contributed by atoms with Crippen molar-refractivity contribution in [1.82, 2.24) is 5.32 Å². The van der Waals surface area contributed by atoms with Crippen molar-refractivity contribution in [3.63, 3.8) is 0 Å². The molecular formula is C68H117NO13. The van der Waals surface area contributed by atoms with E-state index in [2.05, 4.69) is 116 Å². The molecule has 2 aliphatic rings. The third-order valence-corrected chi connectivity index (χ3v) is 15.3. The van der Waals surface area contributed by atoms with Gasteiger partial charge in [0.2, 0.25) is 5.91 Å². The zero-order valence-electron chi connectivity index (χ0n) is 50.9. The lowest BCUT2D eigenvalue weighted by Crippen LogP contribution is -2.65. The topological polar surface area (TPSA) is 228 Å². The lowest BCUT2D eigenvalue weighted by molar-refractivity contribution is -0.359. The second kappa shape index (κ2) is 52.3. The zero-order valence-corrected chi connectivity index (χ0v) is 50.9. The van der Waals surface area contributed by atoms with Gasteiger partial charge in [0.25, 0.3) is 0 Å². The second-order valence-corrected chi connectivity index (χ2v) is 22.5. The van der Waals surface area contributed by atoms with Gasteiger partial charge in [-0.2, -0.15) is 0 Å². The Hall–Kier alpha value is -3.09. The van der Waals surface area contributed by atoms with E-state index in [9.17, 15) is 45.6 Å². The largest absolute Gasteiger partial charge is 0.394 e. The minimum atomic E-state index is -1.78. The molecule has 14 heteroatoms. The van der Waals surface area contributed by atoms with Gasteiger partial charge in [0.05, 0.1) is 32.0 Å². The summed E-state index contributed by atoms with van der Waals surface area (Å²) in [7, 11) is 0. The molecule has 1 amide bonds. The maximum absolute atomic E-state index is 13.2. The maximum atomic E-state index is 13.2. The van der Waals surface area contributed by atoms with E-state index < -0.39 is 86.8 Å². The molecule has 2 aliphatic heterocycles. The lowest BCUT2D eigenvalue weighted by atomic mass is 9.97. The standard InChI is InChI=1S/C68H117NO13/c1-3-5-7-9-11-12-13-14-15-16-17-18-19-20-21-22-23-24-25-26-27-28-29-30-31-32-33-34-35-36-37-38-39-40-41-42-43-44-46-48-50-52-60(73)69-56(57(72)51-49-47-45-10-8-6-4-2)55-79-67-65(78)63(76)66(59(54-71)81-67)82-68-64(77)62(75)61(74)58(53-70)80-68/h5,7,11-12,14-15,17-18,20-21,23-24,26-27,29-30,56-59,61-68,70-72,74-78H,3-4,6,8-10,13,16,19,22,25,28,31-55H2,1-2H3,(H,69,73)/b7-5-,12-11-,15-14-,18-17-,21-20-,24-23-,27-26-,30-29-. The first-order valence-electron chi connectivity index (χ1n) is 32.5. The fourth-order valence-corrected chi connectivity index (χ4v) is 10.1. The number of nitrogens with one attached hydrogen (secondary N) is 1. The molecule has 12 atom stereocenters. The molecule has 2 fully saturated rings. The maximum Gasteiger partial charge on any atom is 0.220 e. The van der Waals surface area contributed by atoms with E-state index in [0.717, 1.165) is 109 Å². The molecule has 14 nitrogen and oxygen atoms in total. The van der Waals surface area contributed by atoms with Gasteiger partial charge in [-0.15, -0.1) is 0 Å². The summed E-state index contributed by atoms with van der Waals surface area (Å²) in [6, 6.07) is -0.829. The van der Waals surface area contributed by atoms with Gasteiger partial charge in [-0.1, -0.05) is 246 Å². The van der Waals surface area contributed by atoms with Gasteiger partial charge >= 0.3 is 0 Å². The number of hydrogen-bond donors (Lipinski definition) is 9. The molecule has 0 spiro atoms. The monoisotopic (exact) mass is 1160 g/mol. The molecule has 12 unspecified atom stereocenters. The van der Waals surface area contributed by atoms with Gasteiger partial charge in [0.1, 0.15) is 48.8 Å². The Morgan fingerprint density at radius 3 is 1.29 bits per heavy atom. The Bertz CT molecular complexity index is 1740. The highest BCUT2D eigenvalue weighted by molar-refractivity contribution is 5.76. The molecule has 9 N–H and O–H groups in total. The molecule has 0 aliphatic carbocycles. The fourth-order valence-electron chi connectivity index (χ4n) is 10.1. The number of unbranched alkanes of at least 4 members (excludes halogenated alkanes) is 22. The Labute approximate surface area is 496 Å². The van der Waals surface area contributed by atoms with Gasteiger partial charge in [-0.3, -0.25) is 4.79 Å². The van der Waals surface area contributed by atoms with Crippen molar-refractivity contribution in [2.24, 2.45) is 0 Å². The van der Waals surface area contributed by atoms with E-state index in [-0.39, 0.29) is 12.5 Å². The van der Waals surface area contributed by atoms with Crippen molar-refractivity contribution >= 4 is 5.91 Å². The zero-order chi connectivity index (χ0) is 59.5. The molecule has 0 bridgehead atoms. The third-order valence-electron chi connectivity index (χ3n) is 15.3. The molecule has 0 aromatic heterocycles. The summed E-state index contributed by atoms with van der Waals surface area (Å²) in [5.41, 5.74) is 0. The van der Waals surface area contributed by atoms with Crippen LogP contribution in [0, 0.1) is 0 Å².